The average Bonchev–Trinajstić information content (AvgIpc) is 2.13. The van der Waals surface area contributed by atoms with Gasteiger partial charge in [0.15, 0.2) is 0 Å². The molecule has 0 atom stereocenters. The summed E-state index contributed by atoms with van der Waals surface area (Å²) in [6, 6.07) is 0. The molecule has 4 heteroatoms. The van der Waals surface area contributed by atoms with Gasteiger partial charge in [-0.2, -0.15) is 0 Å². The summed E-state index contributed by atoms with van der Waals surface area (Å²) in [5, 5.41) is 8.61. The van der Waals surface area contributed by atoms with E-state index in [1.54, 1.807) is 0 Å². The lowest BCUT2D eigenvalue weighted by molar-refractivity contribution is -0.137. The van der Waals surface area contributed by atoms with Gasteiger partial charge in [-0.1, -0.05) is 6.92 Å². The first kappa shape index (κ1) is 14.4. The quantitative estimate of drug-likeness (QED) is 0.627. The Kier molecular flexibility index (Phi) is 8.33. The summed E-state index contributed by atoms with van der Waals surface area (Å²) in [6.45, 7) is 5.86. The van der Waals surface area contributed by atoms with Gasteiger partial charge in [0.25, 0.3) is 0 Å². The molecule has 0 aliphatic carbocycles. The first-order valence-corrected chi connectivity index (χ1v) is 5.65. The third-order valence-electron chi connectivity index (χ3n) is 2.26. The van der Waals surface area contributed by atoms with Gasteiger partial charge in [0.2, 0.25) is 0 Å². The van der Waals surface area contributed by atoms with Crippen LogP contribution in [0.1, 0.15) is 26.2 Å². The molecule has 0 aliphatic rings. The first-order valence-electron chi connectivity index (χ1n) is 5.65. The molecule has 0 aliphatic heterocycles. The van der Waals surface area contributed by atoms with Crippen molar-refractivity contribution >= 4 is 5.97 Å². The molecule has 0 saturated carbocycles. The predicted octanol–water partition coefficient (Wildman–Crippen LogP) is 1.12. The molecule has 0 radical (unpaired) electrons. The molecular formula is C11H24N2O2. The van der Waals surface area contributed by atoms with Crippen LogP contribution in [0.5, 0.6) is 0 Å². The Bertz CT molecular complexity index is 172. The zero-order valence-electron chi connectivity index (χ0n) is 10.2. The fourth-order valence-electron chi connectivity index (χ4n) is 1.52. The minimum absolute atomic E-state index is 0.252. The third kappa shape index (κ3) is 9.69. The van der Waals surface area contributed by atoms with Crippen LogP contribution in [-0.2, 0) is 4.79 Å². The highest BCUT2D eigenvalue weighted by Gasteiger charge is 2.06. The van der Waals surface area contributed by atoms with Gasteiger partial charge in [-0.05, 0) is 46.6 Å². The Hall–Kier alpha value is -0.610. The molecule has 0 aromatic rings. The van der Waals surface area contributed by atoms with Crippen LogP contribution in [0.15, 0.2) is 0 Å². The maximum absolute atomic E-state index is 10.5. The zero-order valence-corrected chi connectivity index (χ0v) is 10.2. The minimum atomic E-state index is -0.705. The smallest absolute Gasteiger partial charge is 0.304 e. The van der Waals surface area contributed by atoms with Crippen molar-refractivity contribution in [2.75, 3.05) is 40.3 Å². The number of carboxylic acids is 1. The van der Waals surface area contributed by atoms with Crippen molar-refractivity contribution in [2.24, 2.45) is 0 Å². The van der Waals surface area contributed by atoms with Crippen LogP contribution >= 0.6 is 0 Å². The van der Waals surface area contributed by atoms with Gasteiger partial charge in [0.05, 0.1) is 6.42 Å². The van der Waals surface area contributed by atoms with E-state index in [4.69, 9.17) is 5.11 Å². The van der Waals surface area contributed by atoms with Gasteiger partial charge in [-0.3, -0.25) is 4.79 Å². The third-order valence-corrected chi connectivity index (χ3v) is 2.26. The SMILES string of the molecule is CCCN(CCCN(C)C)CCC(=O)O. The lowest BCUT2D eigenvalue weighted by atomic mass is 10.3. The average molecular weight is 216 g/mol. The van der Waals surface area contributed by atoms with Crippen molar-refractivity contribution < 1.29 is 9.90 Å². The van der Waals surface area contributed by atoms with Gasteiger partial charge in [0, 0.05) is 6.54 Å². The fraction of sp³-hybridized carbons (Fsp3) is 0.909. The Balaban J connectivity index is 3.67. The van der Waals surface area contributed by atoms with Crippen LogP contribution in [0.25, 0.3) is 0 Å². The number of carboxylic acid groups (broad SMARTS) is 1. The minimum Gasteiger partial charge on any atom is -0.481 e. The normalized spacial score (nSPS) is 11.3. The summed E-state index contributed by atoms with van der Waals surface area (Å²) in [5.41, 5.74) is 0. The molecule has 0 amide bonds. The van der Waals surface area contributed by atoms with Crippen LogP contribution in [0.3, 0.4) is 0 Å². The van der Waals surface area contributed by atoms with Gasteiger partial charge < -0.3 is 14.9 Å². The number of aliphatic carboxylic acids is 1. The molecule has 0 saturated heterocycles. The molecule has 1 N–H and O–H groups in total. The molecule has 0 bridgehead atoms. The van der Waals surface area contributed by atoms with E-state index < -0.39 is 5.97 Å². The van der Waals surface area contributed by atoms with E-state index in [-0.39, 0.29) is 6.42 Å². The molecule has 0 unspecified atom stereocenters. The highest BCUT2D eigenvalue weighted by molar-refractivity contribution is 5.66. The predicted molar refractivity (Wildman–Crippen MR) is 62.2 cm³/mol. The van der Waals surface area contributed by atoms with E-state index in [1.807, 2.05) is 0 Å². The van der Waals surface area contributed by atoms with Crippen molar-refractivity contribution in [3.63, 3.8) is 0 Å². The van der Waals surface area contributed by atoms with Crippen LogP contribution in [0, 0.1) is 0 Å². The Morgan fingerprint density at radius 2 is 1.80 bits per heavy atom. The van der Waals surface area contributed by atoms with Crippen LogP contribution in [0.2, 0.25) is 0 Å². The molecule has 0 heterocycles. The molecule has 0 spiro atoms. The standard InChI is InChI=1S/C11H24N2O2/c1-4-7-13(10-6-11(14)15)9-5-8-12(2)3/h4-10H2,1-3H3,(H,14,15). The largest absolute Gasteiger partial charge is 0.481 e. The van der Waals surface area contributed by atoms with Gasteiger partial charge in [0.1, 0.15) is 0 Å². The van der Waals surface area contributed by atoms with Crippen LogP contribution in [-0.4, -0.2) is 61.2 Å². The Morgan fingerprint density at radius 3 is 2.27 bits per heavy atom. The maximum Gasteiger partial charge on any atom is 0.304 e. The van der Waals surface area contributed by atoms with Gasteiger partial charge in [-0.25, -0.2) is 0 Å². The highest BCUT2D eigenvalue weighted by Crippen LogP contribution is 1.97. The second-order valence-corrected chi connectivity index (χ2v) is 4.14. The van der Waals surface area contributed by atoms with Gasteiger partial charge >= 0.3 is 5.97 Å². The summed E-state index contributed by atoms with van der Waals surface area (Å²) < 4.78 is 0. The molecule has 4 nitrogen and oxygen atoms in total. The van der Waals surface area contributed by atoms with Crippen LogP contribution in [0.4, 0.5) is 0 Å². The summed E-state index contributed by atoms with van der Waals surface area (Å²) in [6.07, 6.45) is 2.44. The van der Waals surface area contributed by atoms with Crippen molar-refractivity contribution in [1.29, 1.82) is 0 Å². The maximum atomic E-state index is 10.5. The van der Waals surface area contributed by atoms with E-state index in [9.17, 15) is 4.79 Å². The number of hydrogen-bond acceptors (Lipinski definition) is 3. The monoisotopic (exact) mass is 216 g/mol. The molecule has 0 aromatic heterocycles. The molecule has 15 heavy (non-hydrogen) atoms. The summed E-state index contributed by atoms with van der Waals surface area (Å²) in [5.74, 6) is -0.705. The topological polar surface area (TPSA) is 43.8 Å². The molecule has 0 fully saturated rings. The number of hydrogen-bond donors (Lipinski definition) is 1. The number of rotatable bonds is 9. The van der Waals surface area contributed by atoms with E-state index in [0.29, 0.717) is 6.54 Å². The lowest BCUT2D eigenvalue weighted by Gasteiger charge is -2.21. The zero-order chi connectivity index (χ0) is 11.7. The van der Waals surface area contributed by atoms with Gasteiger partial charge in [-0.15, -0.1) is 0 Å². The first-order chi connectivity index (χ1) is 7.06. The molecule has 0 aromatic carbocycles. The van der Waals surface area contributed by atoms with E-state index in [0.717, 1.165) is 32.5 Å². The lowest BCUT2D eigenvalue weighted by Crippen LogP contribution is -2.30. The van der Waals surface area contributed by atoms with Crippen molar-refractivity contribution in [2.45, 2.75) is 26.2 Å². The Morgan fingerprint density at radius 1 is 1.13 bits per heavy atom. The Labute approximate surface area is 92.9 Å². The summed E-state index contributed by atoms with van der Waals surface area (Å²) >= 11 is 0. The van der Waals surface area contributed by atoms with Crippen molar-refractivity contribution in [3.05, 3.63) is 0 Å². The number of carbonyl (C=O) groups is 1. The highest BCUT2D eigenvalue weighted by atomic mass is 16.4. The summed E-state index contributed by atoms with van der Waals surface area (Å²) in [7, 11) is 4.11. The molecule has 90 valence electrons. The van der Waals surface area contributed by atoms with Crippen molar-refractivity contribution in [1.82, 2.24) is 9.80 Å². The van der Waals surface area contributed by atoms with E-state index in [1.165, 1.54) is 0 Å². The second-order valence-electron chi connectivity index (χ2n) is 4.14. The van der Waals surface area contributed by atoms with E-state index >= 15 is 0 Å². The van der Waals surface area contributed by atoms with E-state index in [2.05, 4.69) is 30.8 Å². The second kappa shape index (κ2) is 8.68. The van der Waals surface area contributed by atoms with Crippen LogP contribution < -0.4 is 0 Å². The molecular weight excluding hydrogens is 192 g/mol. The fourth-order valence-corrected chi connectivity index (χ4v) is 1.52. The number of nitrogens with zero attached hydrogens (tertiary/aromatic N) is 2. The summed E-state index contributed by atoms with van der Waals surface area (Å²) in [4.78, 5) is 14.8. The van der Waals surface area contributed by atoms with Crippen molar-refractivity contribution in [3.8, 4) is 0 Å². The molecule has 0 rings (SSSR count).